The molecule has 0 saturated carbocycles. The van der Waals surface area contributed by atoms with Gasteiger partial charge in [-0.3, -0.25) is 0 Å². The molecule has 0 aromatic carbocycles. The van der Waals surface area contributed by atoms with Crippen LogP contribution in [0.3, 0.4) is 0 Å². The van der Waals surface area contributed by atoms with E-state index in [4.69, 9.17) is 4.74 Å². The van der Waals surface area contributed by atoms with Crippen LogP contribution < -0.4 is 4.57 Å². The molecule has 0 spiro atoms. The van der Waals surface area contributed by atoms with Crippen LogP contribution in [0.25, 0.3) is 0 Å². The van der Waals surface area contributed by atoms with Gasteiger partial charge in [0.2, 0.25) is 0 Å². The van der Waals surface area contributed by atoms with E-state index in [-0.39, 0.29) is 6.23 Å². The van der Waals surface area contributed by atoms with Crippen LogP contribution in [0.5, 0.6) is 0 Å². The highest BCUT2D eigenvalue weighted by atomic mass is 16.5. The van der Waals surface area contributed by atoms with Crippen molar-refractivity contribution in [2.75, 3.05) is 6.61 Å². The maximum Gasteiger partial charge on any atom is 0.259 e. The fourth-order valence-corrected chi connectivity index (χ4v) is 1.47. The maximum absolute atomic E-state index is 5.47. The lowest BCUT2D eigenvalue weighted by atomic mass is 10.2. The molecule has 0 aliphatic carbocycles. The topological polar surface area (TPSA) is 13.1 Å². The van der Waals surface area contributed by atoms with Crippen LogP contribution in [0.2, 0.25) is 0 Å². The van der Waals surface area contributed by atoms with Crippen molar-refractivity contribution < 1.29 is 9.30 Å². The van der Waals surface area contributed by atoms with Gasteiger partial charge in [-0.25, -0.2) is 0 Å². The molecule has 1 aromatic heterocycles. The smallest absolute Gasteiger partial charge is 0.259 e. The lowest BCUT2D eigenvalue weighted by Gasteiger charge is -2.15. The summed E-state index contributed by atoms with van der Waals surface area (Å²) in [4.78, 5) is 0. The van der Waals surface area contributed by atoms with Gasteiger partial charge in [-0.15, -0.1) is 0 Å². The molecule has 0 saturated heterocycles. The Labute approximate surface area is 66.4 Å². The van der Waals surface area contributed by atoms with Crippen LogP contribution in [0, 0.1) is 0 Å². The minimum absolute atomic E-state index is 0.208. The molecule has 0 fully saturated rings. The fraction of sp³-hybridized carbons (Fsp3) is 0.444. The van der Waals surface area contributed by atoms with Crippen molar-refractivity contribution in [2.24, 2.45) is 0 Å². The van der Waals surface area contributed by atoms with Crippen molar-refractivity contribution >= 4 is 0 Å². The second-order valence-electron chi connectivity index (χ2n) is 2.82. The molecular formula is C9H12NO+. The summed E-state index contributed by atoms with van der Waals surface area (Å²) in [5, 5.41) is 0. The van der Waals surface area contributed by atoms with Crippen molar-refractivity contribution in [3.63, 3.8) is 0 Å². The second-order valence-corrected chi connectivity index (χ2v) is 2.82. The van der Waals surface area contributed by atoms with Crippen molar-refractivity contribution in [3.8, 4) is 0 Å². The summed E-state index contributed by atoms with van der Waals surface area (Å²) in [6.45, 7) is 2.92. The predicted molar refractivity (Wildman–Crippen MR) is 41.0 cm³/mol. The average molecular weight is 150 g/mol. The molecule has 0 bridgehead atoms. The zero-order valence-corrected chi connectivity index (χ0v) is 6.66. The Morgan fingerprint density at radius 2 is 2.45 bits per heavy atom. The molecule has 2 heteroatoms. The number of pyridine rings is 1. The summed E-state index contributed by atoms with van der Waals surface area (Å²) in [5.41, 5.74) is 1.37. The number of hydrogen-bond donors (Lipinski definition) is 0. The first-order valence-corrected chi connectivity index (χ1v) is 3.98. The molecule has 58 valence electrons. The minimum Gasteiger partial charge on any atom is -0.321 e. The molecule has 2 nitrogen and oxygen atoms in total. The first-order valence-electron chi connectivity index (χ1n) is 3.98. The van der Waals surface area contributed by atoms with E-state index in [9.17, 15) is 0 Å². The van der Waals surface area contributed by atoms with Crippen molar-refractivity contribution in [3.05, 3.63) is 30.1 Å². The number of aromatic nitrogens is 1. The van der Waals surface area contributed by atoms with Crippen LogP contribution in [0.15, 0.2) is 24.4 Å². The van der Waals surface area contributed by atoms with Gasteiger partial charge in [0.15, 0.2) is 11.9 Å². The normalized spacial score (nSPS) is 22.8. The molecule has 1 atom stereocenters. The van der Waals surface area contributed by atoms with Gasteiger partial charge in [0.25, 0.3) is 6.23 Å². The maximum atomic E-state index is 5.47. The minimum atomic E-state index is 0.208. The Kier molecular flexibility index (Phi) is 1.62. The van der Waals surface area contributed by atoms with Gasteiger partial charge < -0.3 is 4.74 Å². The average Bonchev–Trinajstić information content (AvgIpc) is 2.06. The highest BCUT2D eigenvalue weighted by molar-refractivity contribution is 4.98. The Morgan fingerprint density at radius 1 is 1.55 bits per heavy atom. The van der Waals surface area contributed by atoms with E-state index in [1.807, 2.05) is 6.07 Å². The summed E-state index contributed by atoms with van der Waals surface area (Å²) >= 11 is 0. The Balaban J connectivity index is 2.44. The van der Waals surface area contributed by atoms with Crippen molar-refractivity contribution in [1.29, 1.82) is 0 Å². The largest absolute Gasteiger partial charge is 0.321 e. The third kappa shape index (κ3) is 1.14. The standard InChI is InChI=1S/C9H12NO/c1-8-10-6-3-2-4-9(10)5-7-11-8/h2-4,6,8H,5,7H2,1H3/q+1. The number of rotatable bonds is 0. The molecule has 1 aliphatic heterocycles. The van der Waals surface area contributed by atoms with E-state index in [1.165, 1.54) is 5.69 Å². The molecular weight excluding hydrogens is 138 g/mol. The quantitative estimate of drug-likeness (QED) is 0.504. The van der Waals surface area contributed by atoms with E-state index < -0.39 is 0 Å². The number of fused-ring (bicyclic) bond motifs is 1. The Morgan fingerprint density at radius 3 is 3.27 bits per heavy atom. The van der Waals surface area contributed by atoms with Gasteiger partial charge in [-0.1, -0.05) is 6.07 Å². The molecule has 1 unspecified atom stereocenters. The third-order valence-electron chi connectivity index (χ3n) is 2.09. The number of ether oxygens (including phenoxy) is 1. The van der Waals surface area contributed by atoms with E-state index in [1.54, 1.807) is 0 Å². The molecule has 1 aliphatic rings. The number of nitrogens with zero attached hydrogens (tertiary/aromatic N) is 1. The highest BCUT2D eigenvalue weighted by Crippen LogP contribution is 2.07. The summed E-state index contributed by atoms with van der Waals surface area (Å²) in [6.07, 6.45) is 3.31. The van der Waals surface area contributed by atoms with E-state index >= 15 is 0 Å². The fourth-order valence-electron chi connectivity index (χ4n) is 1.47. The lowest BCUT2D eigenvalue weighted by molar-refractivity contribution is -0.772. The Hall–Kier alpha value is -0.890. The highest BCUT2D eigenvalue weighted by Gasteiger charge is 2.22. The van der Waals surface area contributed by atoms with Gasteiger partial charge in [0.1, 0.15) is 0 Å². The number of hydrogen-bond acceptors (Lipinski definition) is 1. The van der Waals surface area contributed by atoms with Crippen molar-refractivity contribution in [2.45, 2.75) is 19.6 Å². The monoisotopic (exact) mass is 150 g/mol. The molecule has 2 rings (SSSR count). The summed E-state index contributed by atoms with van der Waals surface area (Å²) in [6, 6.07) is 6.26. The van der Waals surface area contributed by atoms with Crippen molar-refractivity contribution in [1.82, 2.24) is 0 Å². The summed E-state index contributed by atoms with van der Waals surface area (Å²) < 4.78 is 7.64. The van der Waals surface area contributed by atoms with E-state index in [2.05, 4.69) is 29.8 Å². The SMILES string of the molecule is CC1OCCc2cccc[n+]21. The molecule has 0 amide bonds. The molecule has 0 N–H and O–H groups in total. The first-order chi connectivity index (χ1) is 5.38. The van der Waals surface area contributed by atoms with Crippen LogP contribution in [0.4, 0.5) is 0 Å². The van der Waals surface area contributed by atoms with Crippen LogP contribution in [0.1, 0.15) is 18.8 Å². The second kappa shape index (κ2) is 2.62. The van der Waals surface area contributed by atoms with Gasteiger partial charge in [-0.2, -0.15) is 4.57 Å². The van der Waals surface area contributed by atoms with Gasteiger partial charge >= 0.3 is 0 Å². The van der Waals surface area contributed by atoms with Gasteiger partial charge in [0.05, 0.1) is 13.0 Å². The van der Waals surface area contributed by atoms with Gasteiger partial charge in [0, 0.05) is 19.1 Å². The molecule has 2 heterocycles. The first kappa shape index (κ1) is 6.80. The molecule has 11 heavy (non-hydrogen) atoms. The molecule has 1 aromatic rings. The third-order valence-corrected chi connectivity index (χ3v) is 2.09. The van der Waals surface area contributed by atoms with E-state index in [0.29, 0.717) is 0 Å². The summed E-state index contributed by atoms with van der Waals surface area (Å²) in [7, 11) is 0. The zero-order valence-electron chi connectivity index (χ0n) is 6.66. The molecule has 0 radical (unpaired) electrons. The predicted octanol–water partition coefficient (Wildman–Crippen LogP) is 1.07. The van der Waals surface area contributed by atoms with Crippen LogP contribution in [-0.4, -0.2) is 6.61 Å². The van der Waals surface area contributed by atoms with Crippen LogP contribution in [-0.2, 0) is 11.2 Å². The lowest BCUT2D eigenvalue weighted by Crippen LogP contribution is -2.46. The Bertz CT molecular complexity index is 259. The van der Waals surface area contributed by atoms with Crippen LogP contribution >= 0.6 is 0 Å². The van der Waals surface area contributed by atoms with E-state index in [0.717, 1.165) is 13.0 Å². The van der Waals surface area contributed by atoms with Gasteiger partial charge in [-0.05, 0) is 0 Å². The zero-order chi connectivity index (χ0) is 7.68. The summed E-state index contributed by atoms with van der Waals surface area (Å²) in [5.74, 6) is 0.